The largest absolute Gasteiger partial charge is 0.472 e. The first-order valence-corrected chi connectivity index (χ1v) is 9.61. The highest BCUT2D eigenvalue weighted by atomic mass is 16.5. The number of pyridine rings is 1. The van der Waals surface area contributed by atoms with Gasteiger partial charge in [-0.3, -0.25) is 4.79 Å². The Kier molecular flexibility index (Phi) is 6.86. The van der Waals surface area contributed by atoms with Gasteiger partial charge in [-0.05, 0) is 31.4 Å². The van der Waals surface area contributed by atoms with Gasteiger partial charge in [0.15, 0.2) is 0 Å². The average Bonchev–Trinajstić information content (AvgIpc) is 3.17. The van der Waals surface area contributed by atoms with E-state index in [0.29, 0.717) is 44.1 Å². The predicted octanol–water partition coefficient (Wildman–Crippen LogP) is 1.52. The molecule has 1 atom stereocenters. The number of nitrogens with one attached hydrogen (secondary N) is 1. The smallest absolute Gasteiger partial charge is 0.317 e. The Morgan fingerprint density at radius 1 is 1.22 bits per heavy atom. The fourth-order valence-corrected chi connectivity index (χ4v) is 3.45. The van der Waals surface area contributed by atoms with Gasteiger partial charge >= 0.3 is 6.03 Å². The molecular weight excluding hydrogens is 348 g/mol. The number of carbonyl (C=O) groups is 2. The number of methoxy groups -OCH3 is 1. The van der Waals surface area contributed by atoms with Gasteiger partial charge in [-0.2, -0.15) is 0 Å². The van der Waals surface area contributed by atoms with Crippen LogP contribution in [0.3, 0.4) is 0 Å². The molecule has 0 bridgehead atoms. The molecule has 3 heterocycles. The molecule has 2 aliphatic heterocycles. The number of aromatic nitrogens is 1. The number of urea groups is 1. The van der Waals surface area contributed by atoms with Gasteiger partial charge in [-0.1, -0.05) is 0 Å². The van der Waals surface area contributed by atoms with Crippen molar-refractivity contribution in [3.8, 4) is 5.88 Å². The summed E-state index contributed by atoms with van der Waals surface area (Å²) in [5, 5.41) is 2.81. The molecule has 1 N–H and O–H groups in total. The lowest BCUT2D eigenvalue weighted by Gasteiger charge is -2.27. The van der Waals surface area contributed by atoms with Crippen LogP contribution >= 0.6 is 0 Å². The van der Waals surface area contributed by atoms with Gasteiger partial charge in [0.25, 0.3) is 5.91 Å². The van der Waals surface area contributed by atoms with Crippen LogP contribution in [0.4, 0.5) is 4.79 Å². The number of rotatable bonds is 6. The van der Waals surface area contributed by atoms with Crippen LogP contribution in [-0.4, -0.2) is 79.3 Å². The lowest BCUT2D eigenvalue weighted by Crippen LogP contribution is -2.40. The fraction of sp³-hybridized carbons (Fsp3) is 0.632. The zero-order valence-corrected chi connectivity index (χ0v) is 15.9. The topological polar surface area (TPSA) is 84.0 Å². The maximum atomic E-state index is 12.8. The molecule has 2 saturated heterocycles. The highest BCUT2D eigenvalue weighted by Gasteiger charge is 2.29. The Morgan fingerprint density at radius 2 is 2.04 bits per heavy atom. The number of carbonyl (C=O) groups excluding carboxylic acids is 2. The average molecular weight is 376 g/mol. The molecule has 2 aliphatic rings. The van der Waals surface area contributed by atoms with E-state index in [-0.39, 0.29) is 18.0 Å². The minimum Gasteiger partial charge on any atom is -0.472 e. The molecule has 0 aliphatic carbocycles. The summed E-state index contributed by atoms with van der Waals surface area (Å²) in [5.74, 6) is 0.338. The fourth-order valence-electron chi connectivity index (χ4n) is 3.45. The monoisotopic (exact) mass is 376 g/mol. The maximum absolute atomic E-state index is 12.8. The van der Waals surface area contributed by atoms with E-state index in [0.717, 1.165) is 25.9 Å². The number of likely N-dealkylation sites (tertiary alicyclic amines) is 2. The van der Waals surface area contributed by atoms with Crippen LogP contribution in [0.15, 0.2) is 18.3 Å². The van der Waals surface area contributed by atoms with E-state index in [9.17, 15) is 9.59 Å². The minimum atomic E-state index is -0.166. The molecule has 3 rings (SSSR count). The van der Waals surface area contributed by atoms with Crippen molar-refractivity contribution in [3.05, 3.63) is 23.9 Å². The number of hydrogen-bond donors (Lipinski definition) is 1. The molecule has 1 aromatic heterocycles. The summed E-state index contributed by atoms with van der Waals surface area (Å²) >= 11 is 0. The molecule has 1 aromatic rings. The Balaban J connectivity index is 1.58. The van der Waals surface area contributed by atoms with Crippen molar-refractivity contribution in [1.82, 2.24) is 20.1 Å². The number of ether oxygens (including phenoxy) is 2. The molecule has 0 spiro atoms. The third kappa shape index (κ3) is 5.09. The van der Waals surface area contributed by atoms with Crippen molar-refractivity contribution < 1.29 is 19.1 Å². The molecule has 27 heavy (non-hydrogen) atoms. The number of piperidine rings is 1. The van der Waals surface area contributed by atoms with Gasteiger partial charge in [-0.25, -0.2) is 9.78 Å². The van der Waals surface area contributed by atoms with Gasteiger partial charge in [0.2, 0.25) is 5.88 Å². The van der Waals surface area contributed by atoms with Gasteiger partial charge in [-0.15, -0.1) is 0 Å². The van der Waals surface area contributed by atoms with Gasteiger partial charge in [0.05, 0.1) is 13.2 Å². The van der Waals surface area contributed by atoms with Crippen molar-refractivity contribution in [2.24, 2.45) is 0 Å². The highest BCUT2D eigenvalue weighted by Crippen LogP contribution is 2.23. The first kappa shape index (κ1) is 19.4. The van der Waals surface area contributed by atoms with E-state index < -0.39 is 0 Å². The van der Waals surface area contributed by atoms with Crippen molar-refractivity contribution in [1.29, 1.82) is 0 Å². The molecule has 0 aromatic carbocycles. The van der Waals surface area contributed by atoms with Crippen LogP contribution in [0.5, 0.6) is 5.88 Å². The van der Waals surface area contributed by atoms with E-state index in [1.165, 1.54) is 6.42 Å². The highest BCUT2D eigenvalue weighted by molar-refractivity contribution is 5.96. The van der Waals surface area contributed by atoms with E-state index in [4.69, 9.17) is 9.47 Å². The molecule has 1 unspecified atom stereocenters. The molecule has 3 amide bonds. The Hall–Kier alpha value is -2.35. The Morgan fingerprint density at radius 3 is 2.81 bits per heavy atom. The molecular formula is C19H28N4O4. The summed E-state index contributed by atoms with van der Waals surface area (Å²) in [5.41, 5.74) is 0.502. The molecule has 8 heteroatoms. The van der Waals surface area contributed by atoms with Crippen molar-refractivity contribution in [2.75, 3.05) is 46.4 Å². The summed E-state index contributed by atoms with van der Waals surface area (Å²) in [4.78, 5) is 32.8. The quantitative estimate of drug-likeness (QED) is 0.761. The van der Waals surface area contributed by atoms with E-state index in [1.807, 2.05) is 4.90 Å². The SMILES string of the molecule is COCCNC(=O)N1CCC(Oc2ncccc2C(=O)N2CCCCC2)C1. The summed E-state index contributed by atoms with van der Waals surface area (Å²) < 4.78 is 11.0. The second-order valence-electron chi connectivity index (χ2n) is 6.91. The number of amides is 3. The van der Waals surface area contributed by atoms with Crippen molar-refractivity contribution in [3.63, 3.8) is 0 Å². The van der Waals surface area contributed by atoms with Crippen molar-refractivity contribution in [2.45, 2.75) is 31.8 Å². The van der Waals surface area contributed by atoms with Crippen LogP contribution in [0, 0.1) is 0 Å². The van der Waals surface area contributed by atoms with Crippen LogP contribution in [-0.2, 0) is 4.74 Å². The third-order valence-electron chi connectivity index (χ3n) is 4.94. The van der Waals surface area contributed by atoms with E-state index in [2.05, 4.69) is 10.3 Å². The first-order chi connectivity index (χ1) is 13.2. The maximum Gasteiger partial charge on any atom is 0.317 e. The zero-order chi connectivity index (χ0) is 19.1. The predicted molar refractivity (Wildman–Crippen MR) is 99.9 cm³/mol. The van der Waals surface area contributed by atoms with Crippen molar-refractivity contribution >= 4 is 11.9 Å². The first-order valence-electron chi connectivity index (χ1n) is 9.61. The van der Waals surface area contributed by atoms with E-state index in [1.54, 1.807) is 30.3 Å². The zero-order valence-electron chi connectivity index (χ0n) is 15.9. The summed E-state index contributed by atoms with van der Waals surface area (Å²) in [6.45, 7) is 3.62. The molecule has 8 nitrogen and oxygen atoms in total. The standard InChI is InChI=1S/C19H28N4O4/c1-26-13-9-21-19(25)23-12-7-15(14-23)27-17-16(6-5-8-20-17)18(24)22-10-3-2-4-11-22/h5-6,8,15H,2-4,7,9-14H2,1H3,(H,21,25). The Labute approximate surface area is 159 Å². The van der Waals surface area contributed by atoms with Crippen LogP contribution in [0.2, 0.25) is 0 Å². The lowest BCUT2D eigenvalue weighted by atomic mass is 10.1. The van der Waals surface area contributed by atoms with Gasteiger partial charge in [0.1, 0.15) is 11.7 Å². The summed E-state index contributed by atoms with van der Waals surface area (Å²) in [6.07, 6.45) is 5.43. The van der Waals surface area contributed by atoms with Gasteiger partial charge in [0, 0.05) is 45.9 Å². The molecule has 2 fully saturated rings. The Bertz CT molecular complexity index is 648. The van der Waals surface area contributed by atoms with Crippen LogP contribution in [0.1, 0.15) is 36.0 Å². The number of nitrogens with zero attached hydrogens (tertiary/aromatic N) is 3. The number of hydrogen-bond acceptors (Lipinski definition) is 5. The molecule has 0 radical (unpaired) electrons. The second kappa shape index (κ2) is 9.55. The normalized spacial score (nSPS) is 19.8. The molecule has 148 valence electrons. The second-order valence-corrected chi connectivity index (χ2v) is 6.91. The lowest BCUT2D eigenvalue weighted by molar-refractivity contribution is 0.0715. The minimum absolute atomic E-state index is 0.0232. The summed E-state index contributed by atoms with van der Waals surface area (Å²) in [7, 11) is 1.60. The third-order valence-corrected chi connectivity index (χ3v) is 4.94. The van der Waals surface area contributed by atoms with Crippen LogP contribution in [0.25, 0.3) is 0 Å². The van der Waals surface area contributed by atoms with E-state index >= 15 is 0 Å². The summed E-state index contributed by atoms with van der Waals surface area (Å²) in [6, 6.07) is 3.40. The van der Waals surface area contributed by atoms with Gasteiger partial charge < -0.3 is 24.6 Å². The molecule has 0 saturated carbocycles. The van der Waals surface area contributed by atoms with Crippen LogP contribution < -0.4 is 10.1 Å².